The average molecular weight is 419 g/mol. The quantitative estimate of drug-likeness (QED) is 0.699. The fourth-order valence-corrected chi connectivity index (χ4v) is 8.12. The van der Waals surface area contributed by atoms with Gasteiger partial charge in [0.25, 0.3) is 0 Å². The number of methoxy groups -OCH3 is 2. The predicted octanol–water partition coefficient (Wildman–Crippen LogP) is 2.85. The van der Waals surface area contributed by atoms with Crippen LogP contribution in [0.15, 0.2) is 41.0 Å². The lowest BCUT2D eigenvalue weighted by Crippen LogP contribution is -2.53. The van der Waals surface area contributed by atoms with Crippen molar-refractivity contribution in [1.82, 2.24) is 0 Å². The molecule has 7 heteroatoms. The lowest BCUT2D eigenvalue weighted by atomic mass is 9.59. The lowest BCUT2D eigenvalue weighted by molar-refractivity contribution is -0.158. The number of esters is 1. The first-order chi connectivity index (χ1) is 13.5. The minimum Gasteiger partial charge on any atom is -0.500 e. The van der Waals surface area contributed by atoms with Crippen LogP contribution in [0.3, 0.4) is 0 Å². The van der Waals surface area contributed by atoms with Crippen molar-refractivity contribution in [2.75, 3.05) is 14.2 Å². The molecule has 0 N–H and O–H groups in total. The molecule has 0 saturated heterocycles. The first-order valence-electron chi connectivity index (χ1n) is 9.71. The summed E-state index contributed by atoms with van der Waals surface area (Å²) in [4.78, 5) is 27.1. The van der Waals surface area contributed by atoms with E-state index in [1.165, 1.54) is 26.4 Å². The number of sulfone groups is 1. The van der Waals surface area contributed by atoms with Crippen LogP contribution in [-0.2, 0) is 28.9 Å². The SMILES string of the molecule is COC(=O)[C@@]12C(OC)=CC(C)(C)[C@@H](C(=O)[C@H]1S(=O)(=O)c1ccc(C)cc1)C21CC1. The summed E-state index contributed by atoms with van der Waals surface area (Å²) in [6, 6.07) is 6.36. The molecule has 1 aromatic rings. The number of hydrogen-bond donors (Lipinski definition) is 0. The molecule has 0 aromatic heterocycles. The molecular formula is C22H26O6S. The van der Waals surface area contributed by atoms with Gasteiger partial charge in [-0.3, -0.25) is 9.59 Å². The zero-order chi connectivity index (χ0) is 21.4. The van der Waals surface area contributed by atoms with Crippen molar-refractivity contribution in [1.29, 1.82) is 0 Å². The van der Waals surface area contributed by atoms with Gasteiger partial charge < -0.3 is 9.47 Å². The molecule has 2 bridgehead atoms. The number of ketones is 1. The maximum atomic E-state index is 13.8. The standard InChI is InChI=1S/C22H26O6S/c1-13-6-8-14(9-7-13)29(25,26)18-16(23)17-20(2,3)12-15(27-4)22(18,19(24)28-5)21(17)10-11-21/h6-9,12,17-18H,10-11H2,1-5H3/t17-,18-,22-/m1/s1. The molecule has 2 saturated carbocycles. The minimum absolute atomic E-state index is 0.0290. The molecule has 3 aliphatic carbocycles. The van der Waals surface area contributed by atoms with Crippen LogP contribution in [0.25, 0.3) is 0 Å². The summed E-state index contributed by atoms with van der Waals surface area (Å²) in [5.41, 5.74) is -2.17. The lowest BCUT2D eigenvalue weighted by Gasteiger charge is -2.45. The van der Waals surface area contributed by atoms with Gasteiger partial charge in [-0.1, -0.05) is 31.5 Å². The number of Topliss-reactive ketones (excluding diaryl/α,β-unsaturated/α-hetero) is 1. The van der Waals surface area contributed by atoms with Gasteiger partial charge >= 0.3 is 5.97 Å². The molecule has 156 valence electrons. The number of benzene rings is 1. The van der Waals surface area contributed by atoms with Gasteiger partial charge in [0.05, 0.1) is 19.1 Å². The predicted molar refractivity (Wildman–Crippen MR) is 106 cm³/mol. The van der Waals surface area contributed by atoms with Gasteiger partial charge in [-0.05, 0) is 43.4 Å². The second-order valence-corrected chi connectivity index (χ2v) is 11.1. The Morgan fingerprint density at radius 2 is 1.69 bits per heavy atom. The van der Waals surface area contributed by atoms with Crippen molar-refractivity contribution in [3.63, 3.8) is 0 Å². The highest BCUT2D eigenvalue weighted by Gasteiger charge is 2.85. The molecule has 3 aliphatic rings. The highest BCUT2D eigenvalue weighted by atomic mass is 32.2. The minimum atomic E-state index is -4.17. The van der Waals surface area contributed by atoms with Crippen molar-refractivity contribution in [2.45, 2.75) is 43.8 Å². The Kier molecular flexibility index (Phi) is 4.12. The maximum Gasteiger partial charge on any atom is 0.321 e. The fraction of sp³-hybridized carbons (Fsp3) is 0.545. The number of ether oxygens (including phenoxy) is 2. The monoisotopic (exact) mass is 418 g/mol. The zero-order valence-corrected chi connectivity index (χ0v) is 18.1. The Labute approximate surface area is 171 Å². The largest absolute Gasteiger partial charge is 0.500 e. The van der Waals surface area contributed by atoms with Crippen LogP contribution >= 0.6 is 0 Å². The van der Waals surface area contributed by atoms with Crippen LogP contribution in [0.4, 0.5) is 0 Å². The number of allylic oxidation sites excluding steroid dienone is 1. The van der Waals surface area contributed by atoms with Crippen molar-refractivity contribution in [3.8, 4) is 0 Å². The van der Waals surface area contributed by atoms with Gasteiger partial charge in [-0.15, -0.1) is 0 Å². The number of carbonyl (C=O) groups is 2. The van der Waals surface area contributed by atoms with E-state index in [-0.39, 0.29) is 10.7 Å². The molecule has 6 nitrogen and oxygen atoms in total. The van der Waals surface area contributed by atoms with Crippen LogP contribution in [0.2, 0.25) is 0 Å². The molecule has 3 atom stereocenters. The number of aryl methyl sites for hydroxylation is 1. The van der Waals surface area contributed by atoms with Crippen molar-refractivity contribution in [2.24, 2.45) is 22.2 Å². The third-order valence-electron chi connectivity index (χ3n) is 7.09. The van der Waals surface area contributed by atoms with Gasteiger partial charge in [-0.2, -0.15) is 0 Å². The first-order valence-corrected chi connectivity index (χ1v) is 11.3. The molecule has 4 rings (SSSR count). The van der Waals surface area contributed by atoms with Gasteiger partial charge in [0.15, 0.2) is 21.0 Å². The smallest absolute Gasteiger partial charge is 0.321 e. The molecule has 0 aliphatic heterocycles. The third kappa shape index (κ3) is 2.25. The highest BCUT2D eigenvalue weighted by molar-refractivity contribution is 7.93. The summed E-state index contributed by atoms with van der Waals surface area (Å²) in [5, 5.41) is -1.56. The van der Waals surface area contributed by atoms with E-state index in [0.717, 1.165) is 5.56 Å². The van der Waals surface area contributed by atoms with Crippen LogP contribution in [0, 0.1) is 29.1 Å². The van der Waals surface area contributed by atoms with E-state index in [0.29, 0.717) is 12.8 Å². The average Bonchev–Trinajstić information content (AvgIpc) is 3.39. The summed E-state index contributed by atoms with van der Waals surface area (Å²) in [5.74, 6) is -1.48. The second kappa shape index (κ2) is 5.94. The molecule has 0 amide bonds. The van der Waals surface area contributed by atoms with Crippen molar-refractivity contribution in [3.05, 3.63) is 41.7 Å². The van der Waals surface area contributed by atoms with Gasteiger partial charge in [0.1, 0.15) is 11.0 Å². The molecule has 1 spiro atoms. The fourth-order valence-electron chi connectivity index (χ4n) is 5.97. The zero-order valence-electron chi connectivity index (χ0n) is 17.3. The Morgan fingerprint density at radius 3 is 2.17 bits per heavy atom. The maximum absolute atomic E-state index is 13.8. The van der Waals surface area contributed by atoms with Crippen LogP contribution in [-0.4, -0.2) is 39.6 Å². The Bertz CT molecular complexity index is 1030. The Hall–Kier alpha value is -2.15. The summed E-state index contributed by atoms with van der Waals surface area (Å²) in [6.45, 7) is 5.65. The van der Waals surface area contributed by atoms with E-state index in [9.17, 15) is 18.0 Å². The normalized spacial score (nSPS) is 31.3. The van der Waals surface area contributed by atoms with Gasteiger partial charge in [0, 0.05) is 11.3 Å². The highest BCUT2D eigenvalue weighted by Crippen LogP contribution is 2.78. The molecule has 29 heavy (non-hydrogen) atoms. The van der Waals surface area contributed by atoms with Crippen molar-refractivity contribution < 1.29 is 27.5 Å². The van der Waals surface area contributed by atoms with Crippen LogP contribution in [0.5, 0.6) is 0 Å². The summed E-state index contributed by atoms with van der Waals surface area (Å²) in [7, 11) is -1.52. The molecule has 0 unspecified atom stereocenters. The third-order valence-corrected chi connectivity index (χ3v) is 9.22. The molecule has 0 radical (unpaired) electrons. The number of hydrogen-bond acceptors (Lipinski definition) is 6. The Balaban J connectivity index is 2.05. The molecule has 1 aromatic carbocycles. The topological polar surface area (TPSA) is 86.7 Å². The van der Waals surface area contributed by atoms with E-state index >= 15 is 0 Å². The second-order valence-electron chi connectivity index (χ2n) is 9.06. The number of carbonyl (C=O) groups excluding carboxylic acids is 2. The first kappa shape index (κ1) is 20.1. The van der Waals surface area contributed by atoms with E-state index in [4.69, 9.17) is 9.47 Å². The van der Waals surface area contributed by atoms with Crippen molar-refractivity contribution >= 4 is 21.6 Å². The van der Waals surface area contributed by atoms with Gasteiger partial charge in [0.2, 0.25) is 0 Å². The van der Waals surface area contributed by atoms with E-state index < -0.39 is 49.0 Å². The molecule has 0 heterocycles. The van der Waals surface area contributed by atoms with E-state index in [1.807, 2.05) is 20.8 Å². The summed E-state index contributed by atoms with van der Waals surface area (Å²) >= 11 is 0. The van der Waals surface area contributed by atoms with Crippen LogP contribution < -0.4 is 0 Å². The van der Waals surface area contributed by atoms with Crippen LogP contribution in [0.1, 0.15) is 32.3 Å². The summed E-state index contributed by atoms with van der Waals surface area (Å²) < 4.78 is 38.4. The molecule has 2 fully saturated rings. The molecular weight excluding hydrogens is 392 g/mol. The van der Waals surface area contributed by atoms with Gasteiger partial charge in [-0.25, -0.2) is 8.42 Å². The summed E-state index contributed by atoms with van der Waals surface area (Å²) in [6.07, 6.45) is 2.92. The van der Waals surface area contributed by atoms with E-state index in [1.54, 1.807) is 18.2 Å². The Morgan fingerprint density at radius 1 is 1.10 bits per heavy atom. The number of rotatable bonds is 4. The van der Waals surface area contributed by atoms with E-state index in [2.05, 4.69) is 0 Å².